The van der Waals surface area contributed by atoms with Crippen molar-refractivity contribution >= 4 is 17.7 Å². The normalized spacial score (nSPS) is 47.6. The van der Waals surface area contributed by atoms with Crippen LogP contribution in [0.5, 0.6) is 0 Å². The zero-order chi connectivity index (χ0) is 21.7. The number of carbonyl (C=O) groups is 1. The van der Waals surface area contributed by atoms with Gasteiger partial charge >= 0.3 is 5.97 Å². The Morgan fingerprint density at radius 3 is 2.50 bits per heavy atom. The molecule has 6 unspecified atom stereocenters. The van der Waals surface area contributed by atoms with Gasteiger partial charge in [0.25, 0.3) is 0 Å². The van der Waals surface area contributed by atoms with E-state index in [4.69, 9.17) is 5.11 Å². The van der Waals surface area contributed by atoms with Crippen molar-refractivity contribution in [1.82, 2.24) is 0 Å². The molecule has 4 saturated carbocycles. The third-order valence-electron chi connectivity index (χ3n) is 10.4. The molecule has 4 aliphatic carbocycles. The fourth-order valence-electron chi connectivity index (χ4n) is 8.42. The number of hydrogen-bond donors (Lipinski definition) is 3. The molecule has 0 spiro atoms. The van der Waals surface area contributed by atoms with Crippen molar-refractivity contribution in [2.24, 2.45) is 40.4 Å². The Hall–Kier alpha value is -0.260. The molecule has 0 heterocycles. The molecule has 4 nitrogen and oxygen atoms in total. The lowest BCUT2D eigenvalue weighted by molar-refractivity contribution is -0.157. The lowest BCUT2D eigenvalue weighted by Crippen LogP contribution is -2.56. The minimum Gasteiger partial charge on any atom is -0.481 e. The second-order valence-corrected chi connectivity index (χ2v) is 12.9. The van der Waals surface area contributed by atoms with Gasteiger partial charge < -0.3 is 15.3 Å². The van der Waals surface area contributed by atoms with Crippen LogP contribution in [0.4, 0.5) is 0 Å². The molecule has 9 atom stereocenters. The largest absolute Gasteiger partial charge is 0.481 e. The van der Waals surface area contributed by atoms with Crippen molar-refractivity contribution in [1.29, 1.82) is 0 Å². The highest BCUT2D eigenvalue weighted by atomic mass is 32.2. The molecule has 0 aliphatic heterocycles. The van der Waals surface area contributed by atoms with Crippen LogP contribution in [-0.4, -0.2) is 38.1 Å². The lowest BCUT2D eigenvalue weighted by Gasteiger charge is -2.61. The molecule has 0 bridgehead atoms. The number of thioether (sulfide) groups is 1. The van der Waals surface area contributed by atoms with Crippen molar-refractivity contribution in [3.63, 3.8) is 0 Å². The van der Waals surface area contributed by atoms with Gasteiger partial charge in [0.05, 0.1) is 11.5 Å². The second kappa shape index (κ2) is 8.26. The predicted octanol–water partition coefficient (Wildman–Crippen LogP) is 5.31. The topological polar surface area (TPSA) is 77.8 Å². The summed E-state index contributed by atoms with van der Waals surface area (Å²) in [6, 6.07) is 0. The number of aliphatic carboxylic acids is 1. The monoisotopic (exact) mass is 438 g/mol. The predicted molar refractivity (Wildman–Crippen MR) is 121 cm³/mol. The third kappa shape index (κ3) is 3.65. The standard InChI is InChI=1S/C25H42O4S/c1-16(22(27)28)15-30-21(26)14-25(29)13-10-20-18-8-7-17-6-4-5-11-23(17,2)19(18)9-12-24(20,25)3/h16-21,26,29H,4-15H2,1-3H3,(H,27,28)/t16?,17?,18?,19?,20?,21?,23-,24-,25-/m0/s1. The van der Waals surface area contributed by atoms with Gasteiger partial charge in [0, 0.05) is 12.2 Å². The van der Waals surface area contributed by atoms with Crippen LogP contribution in [0.3, 0.4) is 0 Å². The Balaban J connectivity index is 1.46. The van der Waals surface area contributed by atoms with Gasteiger partial charge in [0.2, 0.25) is 0 Å². The summed E-state index contributed by atoms with van der Waals surface area (Å²) in [6.45, 7) is 6.56. The van der Waals surface area contributed by atoms with Gasteiger partial charge in [0.15, 0.2) is 0 Å². The Kier molecular flexibility index (Phi) is 6.31. The zero-order valence-corrected chi connectivity index (χ0v) is 19.9. The van der Waals surface area contributed by atoms with E-state index < -0.39 is 22.9 Å². The molecule has 0 radical (unpaired) electrons. The quantitative estimate of drug-likeness (QED) is 0.490. The molecule has 5 heteroatoms. The van der Waals surface area contributed by atoms with Gasteiger partial charge in [-0.2, -0.15) is 0 Å². The smallest absolute Gasteiger partial charge is 0.307 e. The van der Waals surface area contributed by atoms with E-state index in [-0.39, 0.29) is 5.41 Å². The minimum atomic E-state index is -0.828. The van der Waals surface area contributed by atoms with Crippen LogP contribution in [0.2, 0.25) is 0 Å². The molecule has 0 aromatic carbocycles. The fourth-order valence-corrected chi connectivity index (χ4v) is 9.46. The van der Waals surface area contributed by atoms with Gasteiger partial charge in [-0.25, -0.2) is 0 Å². The highest BCUT2D eigenvalue weighted by molar-refractivity contribution is 7.99. The summed E-state index contributed by atoms with van der Waals surface area (Å²) in [7, 11) is 0. The first-order valence-corrected chi connectivity index (χ1v) is 13.4. The molecule has 0 aromatic heterocycles. The Morgan fingerprint density at radius 1 is 1.03 bits per heavy atom. The molecular formula is C25H42O4S. The molecule has 172 valence electrons. The van der Waals surface area contributed by atoms with Crippen molar-refractivity contribution in [3.8, 4) is 0 Å². The van der Waals surface area contributed by atoms with Gasteiger partial charge in [-0.15, -0.1) is 11.8 Å². The first-order chi connectivity index (χ1) is 14.1. The summed E-state index contributed by atoms with van der Waals surface area (Å²) in [5, 5.41) is 31.5. The number of aliphatic hydroxyl groups is 2. The van der Waals surface area contributed by atoms with Crippen molar-refractivity contribution in [3.05, 3.63) is 0 Å². The number of carboxylic acids is 1. The molecule has 4 rings (SSSR count). The maximum absolute atomic E-state index is 11.8. The van der Waals surface area contributed by atoms with E-state index in [1.807, 2.05) is 0 Å². The maximum Gasteiger partial charge on any atom is 0.307 e. The summed E-state index contributed by atoms with van der Waals surface area (Å²) < 4.78 is 0. The number of fused-ring (bicyclic) bond motifs is 5. The van der Waals surface area contributed by atoms with Gasteiger partial charge in [-0.1, -0.05) is 33.6 Å². The Labute approximate surface area is 186 Å². The zero-order valence-electron chi connectivity index (χ0n) is 19.1. The van der Waals surface area contributed by atoms with E-state index in [1.54, 1.807) is 6.92 Å². The molecule has 3 N–H and O–H groups in total. The van der Waals surface area contributed by atoms with Gasteiger partial charge in [-0.05, 0) is 85.9 Å². The second-order valence-electron chi connectivity index (χ2n) is 11.7. The van der Waals surface area contributed by atoms with E-state index in [2.05, 4.69) is 13.8 Å². The molecular weight excluding hydrogens is 396 g/mol. The molecule has 4 fully saturated rings. The van der Waals surface area contributed by atoms with Crippen LogP contribution in [-0.2, 0) is 4.79 Å². The molecule has 0 aromatic rings. The van der Waals surface area contributed by atoms with Crippen LogP contribution in [0.1, 0.15) is 91.4 Å². The average Bonchev–Trinajstić information content (AvgIpc) is 2.96. The summed E-state index contributed by atoms with van der Waals surface area (Å²) in [4.78, 5) is 11.1. The molecule has 0 amide bonds. The van der Waals surface area contributed by atoms with Crippen LogP contribution in [0, 0.1) is 40.4 Å². The summed E-state index contributed by atoms with van der Waals surface area (Å²) in [5.41, 5.74) is -1.14. The van der Waals surface area contributed by atoms with Crippen LogP contribution >= 0.6 is 11.8 Å². The van der Waals surface area contributed by atoms with Crippen molar-refractivity contribution < 1.29 is 20.1 Å². The first-order valence-electron chi connectivity index (χ1n) is 12.4. The van der Waals surface area contributed by atoms with Crippen LogP contribution < -0.4 is 0 Å². The fraction of sp³-hybridized carbons (Fsp3) is 0.960. The van der Waals surface area contributed by atoms with E-state index in [0.29, 0.717) is 23.5 Å². The third-order valence-corrected chi connectivity index (χ3v) is 11.6. The Morgan fingerprint density at radius 2 is 1.77 bits per heavy atom. The number of carboxylic acid groups (broad SMARTS) is 1. The molecule has 4 aliphatic rings. The van der Waals surface area contributed by atoms with Crippen LogP contribution in [0.25, 0.3) is 0 Å². The summed E-state index contributed by atoms with van der Waals surface area (Å²) >= 11 is 1.29. The highest BCUT2D eigenvalue weighted by Crippen LogP contribution is 2.68. The van der Waals surface area contributed by atoms with Crippen molar-refractivity contribution in [2.45, 2.75) is 102 Å². The summed E-state index contributed by atoms with van der Waals surface area (Å²) in [6.07, 6.45) is 12.8. The van der Waals surface area contributed by atoms with Crippen molar-refractivity contribution in [2.75, 3.05) is 5.75 Å². The average molecular weight is 439 g/mol. The van der Waals surface area contributed by atoms with Crippen LogP contribution in [0.15, 0.2) is 0 Å². The first kappa shape index (κ1) is 22.9. The van der Waals surface area contributed by atoms with Gasteiger partial charge in [-0.3, -0.25) is 4.79 Å². The highest BCUT2D eigenvalue weighted by Gasteiger charge is 2.64. The van der Waals surface area contributed by atoms with E-state index in [1.165, 1.54) is 56.7 Å². The Bertz CT molecular complexity index is 655. The van der Waals surface area contributed by atoms with E-state index in [9.17, 15) is 15.0 Å². The number of hydrogen-bond acceptors (Lipinski definition) is 4. The molecule has 30 heavy (non-hydrogen) atoms. The SMILES string of the molecule is CC(CSC(O)C[C@@]1(O)CCC2C3CCC4CCCC[C@]4(C)C3CC[C@@]21C)C(=O)O. The lowest BCUT2D eigenvalue weighted by atomic mass is 9.44. The molecule has 0 saturated heterocycles. The van der Waals surface area contributed by atoms with Gasteiger partial charge in [0.1, 0.15) is 5.44 Å². The number of aliphatic hydroxyl groups excluding tert-OH is 1. The summed E-state index contributed by atoms with van der Waals surface area (Å²) in [5.74, 6) is 2.10. The maximum atomic E-state index is 11.8. The van der Waals surface area contributed by atoms with E-state index >= 15 is 0 Å². The number of rotatable bonds is 6. The van der Waals surface area contributed by atoms with E-state index in [0.717, 1.165) is 37.0 Å². The minimum absolute atomic E-state index is 0.119.